The molecule has 0 atom stereocenters. The SMILES string of the molecule is Cc1cc(NCCc2ccccn2)n2nc(-c3cccs3)cc2n1. The van der Waals surface area contributed by atoms with Gasteiger partial charge in [-0.3, -0.25) is 4.98 Å². The Morgan fingerprint density at radius 2 is 2.12 bits per heavy atom. The van der Waals surface area contributed by atoms with Crippen LogP contribution in [0.1, 0.15) is 11.4 Å². The van der Waals surface area contributed by atoms with Crippen molar-refractivity contribution in [3.63, 3.8) is 0 Å². The van der Waals surface area contributed by atoms with Crippen LogP contribution in [0.25, 0.3) is 16.2 Å². The zero-order chi connectivity index (χ0) is 16.4. The molecule has 0 bridgehead atoms. The molecule has 0 aliphatic carbocycles. The Hall–Kier alpha value is -2.73. The van der Waals surface area contributed by atoms with E-state index < -0.39 is 0 Å². The van der Waals surface area contributed by atoms with Gasteiger partial charge < -0.3 is 5.32 Å². The third-order valence-corrected chi connectivity index (χ3v) is 4.63. The molecule has 4 aromatic rings. The number of anilines is 1. The molecule has 0 aromatic carbocycles. The minimum Gasteiger partial charge on any atom is -0.370 e. The number of nitrogens with one attached hydrogen (secondary N) is 1. The molecule has 0 saturated carbocycles. The second-order valence-electron chi connectivity index (χ2n) is 5.56. The monoisotopic (exact) mass is 335 g/mol. The van der Waals surface area contributed by atoms with E-state index in [9.17, 15) is 0 Å². The average molecular weight is 335 g/mol. The van der Waals surface area contributed by atoms with Crippen molar-refractivity contribution in [1.29, 1.82) is 0 Å². The lowest BCUT2D eigenvalue weighted by Gasteiger charge is -2.09. The van der Waals surface area contributed by atoms with Gasteiger partial charge in [0.2, 0.25) is 0 Å². The highest BCUT2D eigenvalue weighted by molar-refractivity contribution is 7.13. The zero-order valence-corrected chi connectivity index (χ0v) is 14.1. The Kier molecular flexibility index (Phi) is 3.96. The molecule has 0 aliphatic heterocycles. The van der Waals surface area contributed by atoms with E-state index in [0.29, 0.717) is 0 Å². The number of pyridine rings is 1. The third-order valence-electron chi connectivity index (χ3n) is 3.74. The summed E-state index contributed by atoms with van der Waals surface area (Å²) >= 11 is 1.68. The fraction of sp³-hybridized carbons (Fsp3) is 0.167. The van der Waals surface area contributed by atoms with Crippen LogP contribution in [0.3, 0.4) is 0 Å². The van der Waals surface area contributed by atoms with Crippen molar-refractivity contribution in [1.82, 2.24) is 19.6 Å². The summed E-state index contributed by atoms with van der Waals surface area (Å²) in [4.78, 5) is 10.1. The Labute approximate surface area is 144 Å². The van der Waals surface area contributed by atoms with Crippen LogP contribution in [0.15, 0.2) is 54.0 Å². The van der Waals surface area contributed by atoms with E-state index in [1.54, 1.807) is 11.3 Å². The molecule has 24 heavy (non-hydrogen) atoms. The number of thiophene rings is 1. The van der Waals surface area contributed by atoms with Crippen molar-refractivity contribution in [3.05, 3.63) is 65.4 Å². The number of nitrogens with zero attached hydrogens (tertiary/aromatic N) is 4. The summed E-state index contributed by atoms with van der Waals surface area (Å²) in [7, 11) is 0. The van der Waals surface area contributed by atoms with Gasteiger partial charge >= 0.3 is 0 Å². The Morgan fingerprint density at radius 1 is 1.17 bits per heavy atom. The molecule has 5 nitrogen and oxygen atoms in total. The highest BCUT2D eigenvalue weighted by Crippen LogP contribution is 2.25. The van der Waals surface area contributed by atoms with Crippen LogP contribution in [-0.4, -0.2) is 26.1 Å². The van der Waals surface area contributed by atoms with Crippen LogP contribution in [0.4, 0.5) is 5.82 Å². The Balaban J connectivity index is 1.60. The standard InChI is InChI=1S/C18H17N5S/c1-13-11-17(20-9-7-14-5-2-3-8-19-14)23-18(21-13)12-15(22-23)16-6-4-10-24-16/h2-6,8,10-12,20H,7,9H2,1H3. The van der Waals surface area contributed by atoms with E-state index in [-0.39, 0.29) is 0 Å². The van der Waals surface area contributed by atoms with Gasteiger partial charge in [0.25, 0.3) is 0 Å². The van der Waals surface area contributed by atoms with Crippen LogP contribution in [0, 0.1) is 6.92 Å². The lowest BCUT2D eigenvalue weighted by molar-refractivity contribution is 0.898. The first-order valence-corrected chi connectivity index (χ1v) is 8.73. The molecule has 1 N–H and O–H groups in total. The molecule has 6 heteroatoms. The number of rotatable bonds is 5. The van der Waals surface area contributed by atoms with Crippen LogP contribution in [-0.2, 0) is 6.42 Å². The Morgan fingerprint density at radius 3 is 2.92 bits per heavy atom. The molecular weight excluding hydrogens is 318 g/mol. The van der Waals surface area contributed by atoms with Gasteiger partial charge in [0, 0.05) is 42.7 Å². The minimum absolute atomic E-state index is 0.795. The lowest BCUT2D eigenvalue weighted by Crippen LogP contribution is -2.10. The summed E-state index contributed by atoms with van der Waals surface area (Å²) in [5.41, 5.74) is 3.86. The largest absolute Gasteiger partial charge is 0.370 e. The number of fused-ring (bicyclic) bond motifs is 1. The fourth-order valence-electron chi connectivity index (χ4n) is 2.64. The minimum atomic E-state index is 0.795. The van der Waals surface area contributed by atoms with Gasteiger partial charge in [-0.2, -0.15) is 9.61 Å². The van der Waals surface area contributed by atoms with Gasteiger partial charge in [-0.25, -0.2) is 4.98 Å². The maximum Gasteiger partial charge on any atom is 0.158 e. The zero-order valence-electron chi connectivity index (χ0n) is 13.3. The lowest BCUT2D eigenvalue weighted by atomic mass is 10.3. The Bertz CT molecular complexity index is 944. The summed E-state index contributed by atoms with van der Waals surface area (Å²) in [5, 5.41) is 10.2. The normalized spacial score (nSPS) is 11.0. The van der Waals surface area contributed by atoms with E-state index >= 15 is 0 Å². The van der Waals surface area contributed by atoms with Crippen LogP contribution < -0.4 is 5.32 Å². The highest BCUT2D eigenvalue weighted by Gasteiger charge is 2.10. The molecule has 0 amide bonds. The molecule has 4 rings (SSSR count). The van der Waals surface area contributed by atoms with E-state index in [2.05, 4.69) is 26.7 Å². The van der Waals surface area contributed by atoms with E-state index in [0.717, 1.165) is 46.4 Å². The molecule has 120 valence electrons. The molecular formula is C18H17N5S. The highest BCUT2D eigenvalue weighted by atomic mass is 32.1. The third kappa shape index (κ3) is 3.00. The first-order chi connectivity index (χ1) is 11.8. The van der Waals surface area contributed by atoms with Gasteiger partial charge in [0.05, 0.1) is 4.88 Å². The maximum absolute atomic E-state index is 4.71. The van der Waals surface area contributed by atoms with Gasteiger partial charge in [-0.15, -0.1) is 11.3 Å². The van der Waals surface area contributed by atoms with Crippen molar-refractivity contribution >= 4 is 22.8 Å². The molecule has 0 saturated heterocycles. The quantitative estimate of drug-likeness (QED) is 0.602. The predicted molar refractivity (Wildman–Crippen MR) is 97.5 cm³/mol. The second kappa shape index (κ2) is 6.41. The van der Waals surface area contributed by atoms with Gasteiger partial charge in [0.15, 0.2) is 5.65 Å². The number of aryl methyl sites for hydroxylation is 1. The average Bonchev–Trinajstić information content (AvgIpc) is 3.24. The maximum atomic E-state index is 4.71. The molecule has 0 radical (unpaired) electrons. The smallest absolute Gasteiger partial charge is 0.158 e. The van der Waals surface area contributed by atoms with E-state index in [1.807, 2.05) is 54.0 Å². The van der Waals surface area contributed by atoms with Crippen LogP contribution in [0.5, 0.6) is 0 Å². The van der Waals surface area contributed by atoms with Gasteiger partial charge in [-0.1, -0.05) is 12.1 Å². The molecule has 0 unspecified atom stereocenters. The predicted octanol–water partition coefficient (Wildman–Crippen LogP) is 3.82. The molecule has 4 heterocycles. The second-order valence-corrected chi connectivity index (χ2v) is 6.51. The van der Waals surface area contributed by atoms with Crippen LogP contribution in [0.2, 0.25) is 0 Å². The van der Waals surface area contributed by atoms with Crippen molar-refractivity contribution in [2.75, 3.05) is 11.9 Å². The number of aromatic nitrogens is 4. The van der Waals surface area contributed by atoms with E-state index in [1.165, 1.54) is 0 Å². The van der Waals surface area contributed by atoms with Crippen molar-refractivity contribution < 1.29 is 0 Å². The van der Waals surface area contributed by atoms with Gasteiger partial charge in [-0.05, 0) is 30.5 Å². The molecule has 0 spiro atoms. The molecule has 0 fully saturated rings. The summed E-state index contributed by atoms with van der Waals surface area (Å²) in [6, 6.07) is 14.2. The number of hydrogen-bond acceptors (Lipinski definition) is 5. The summed E-state index contributed by atoms with van der Waals surface area (Å²) in [5.74, 6) is 0.955. The summed E-state index contributed by atoms with van der Waals surface area (Å²) in [6.45, 7) is 2.80. The van der Waals surface area contributed by atoms with Crippen molar-refractivity contribution in [3.8, 4) is 10.6 Å². The molecule has 0 aliphatic rings. The van der Waals surface area contributed by atoms with Crippen molar-refractivity contribution in [2.45, 2.75) is 13.3 Å². The summed E-state index contributed by atoms with van der Waals surface area (Å²) in [6.07, 6.45) is 2.69. The summed E-state index contributed by atoms with van der Waals surface area (Å²) < 4.78 is 1.88. The van der Waals surface area contributed by atoms with Gasteiger partial charge in [0.1, 0.15) is 11.5 Å². The first-order valence-electron chi connectivity index (χ1n) is 7.85. The van der Waals surface area contributed by atoms with Crippen molar-refractivity contribution in [2.24, 2.45) is 0 Å². The fourth-order valence-corrected chi connectivity index (χ4v) is 3.32. The first kappa shape index (κ1) is 14.8. The van der Waals surface area contributed by atoms with E-state index in [4.69, 9.17) is 5.10 Å². The molecule has 4 aromatic heterocycles. The number of hydrogen-bond donors (Lipinski definition) is 1. The topological polar surface area (TPSA) is 55.1 Å². The van der Waals surface area contributed by atoms with Crippen LogP contribution >= 0.6 is 11.3 Å².